The van der Waals surface area contributed by atoms with E-state index in [2.05, 4.69) is 6.92 Å². The van der Waals surface area contributed by atoms with Crippen LogP contribution < -0.4 is 21.7 Å². The van der Waals surface area contributed by atoms with E-state index in [4.69, 9.17) is 4.74 Å². The smallest absolute Gasteiger partial charge is 1.00 e. The van der Waals surface area contributed by atoms with E-state index in [1.165, 1.54) is 0 Å². The van der Waals surface area contributed by atoms with Crippen LogP contribution in [-0.2, 0) is 19.5 Å². The third-order valence-electron chi connectivity index (χ3n) is 1.16. The number of hydrogen-bond acceptors (Lipinski definition) is 1. The maximum absolute atomic E-state index is 5.29. The van der Waals surface area contributed by atoms with Gasteiger partial charge >= 0.3 is 19.5 Å². The van der Waals surface area contributed by atoms with Crippen molar-refractivity contribution >= 4 is 0 Å². The molecule has 0 atom stereocenters. The number of hydrogen-bond donors (Lipinski definition) is 0. The van der Waals surface area contributed by atoms with Gasteiger partial charge in [-0.15, -0.1) is 6.42 Å². The van der Waals surface area contributed by atoms with Gasteiger partial charge in [-0.1, -0.05) is 18.2 Å². The van der Waals surface area contributed by atoms with Crippen LogP contribution in [0.2, 0.25) is 0 Å². The molecule has 0 radical (unpaired) electrons. The average molecular weight is 280 g/mol. The Balaban J connectivity index is 0. The van der Waals surface area contributed by atoms with Gasteiger partial charge in [-0.05, 0) is 12.1 Å². The van der Waals surface area contributed by atoms with Crippen molar-refractivity contribution in [2.75, 3.05) is 6.61 Å². The van der Waals surface area contributed by atoms with Crippen molar-refractivity contribution in [1.82, 2.24) is 0 Å². The summed E-state index contributed by atoms with van der Waals surface area (Å²) in [6.45, 7) is 4.37. The van der Waals surface area contributed by atoms with Gasteiger partial charge in [-0.3, -0.25) is 0 Å². The summed E-state index contributed by atoms with van der Waals surface area (Å²) in [7, 11) is 0. The quantitative estimate of drug-likeness (QED) is 0.525. The standard InChI is InChI=1S/C9H11O.BrH.Zn/c1-2-8-10-9-6-4-3-5-7-9;;/h3-7H,1-2,8H2;1H;/q-1;;+2/p-1. The molecule has 0 aromatic heterocycles. The van der Waals surface area contributed by atoms with E-state index in [-0.39, 0.29) is 36.5 Å². The second-order valence-electron chi connectivity index (χ2n) is 2.02. The van der Waals surface area contributed by atoms with Crippen molar-refractivity contribution in [2.45, 2.75) is 6.42 Å². The predicted octanol–water partition coefficient (Wildman–Crippen LogP) is -0.709. The minimum atomic E-state index is 0. The molecule has 1 aromatic rings. The first kappa shape index (κ1) is 14.6. The Morgan fingerprint density at radius 1 is 1.17 bits per heavy atom. The molecule has 0 aliphatic rings. The summed E-state index contributed by atoms with van der Waals surface area (Å²) < 4.78 is 5.29. The van der Waals surface area contributed by atoms with Gasteiger partial charge in [0, 0.05) is 0 Å². The number of halogens is 1. The molecule has 62 valence electrons. The summed E-state index contributed by atoms with van der Waals surface area (Å²) in [6, 6.07) is 9.76. The van der Waals surface area contributed by atoms with E-state index >= 15 is 0 Å². The molecular formula is C9H11BrOZn. The fraction of sp³-hybridized carbons (Fsp3) is 0.222. The van der Waals surface area contributed by atoms with Crippen molar-refractivity contribution in [2.24, 2.45) is 0 Å². The van der Waals surface area contributed by atoms with E-state index in [1.54, 1.807) is 0 Å². The fourth-order valence-corrected chi connectivity index (χ4v) is 0.707. The van der Waals surface area contributed by atoms with E-state index < -0.39 is 0 Å². The van der Waals surface area contributed by atoms with Crippen LogP contribution >= 0.6 is 0 Å². The summed E-state index contributed by atoms with van der Waals surface area (Å²) in [5.41, 5.74) is 0. The number of rotatable bonds is 3. The molecule has 1 rings (SSSR count). The van der Waals surface area contributed by atoms with Crippen LogP contribution in [0, 0.1) is 6.92 Å². The van der Waals surface area contributed by atoms with Crippen LogP contribution in [0.3, 0.4) is 0 Å². The molecule has 12 heavy (non-hydrogen) atoms. The molecule has 0 aliphatic carbocycles. The van der Waals surface area contributed by atoms with Gasteiger partial charge in [0.2, 0.25) is 0 Å². The minimum Gasteiger partial charge on any atom is -1.00 e. The number of ether oxygens (including phenoxy) is 1. The molecule has 0 N–H and O–H groups in total. The normalized spacial score (nSPS) is 7.75. The molecule has 0 aliphatic heterocycles. The summed E-state index contributed by atoms with van der Waals surface area (Å²) in [5, 5.41) is 0. The van der Waals surface area contributed by atoms with E-state index in [9.17, 15) is 0 Å². The Labute approximate surface area is 97.0 Å². The van der Waals surface area contributed by atoms with Crippen LogP contribution in [0.1, 0.15) is 6.42 Å². The molecule has 0 spiro atoms. The Kier molecular flexibility index (Phi) is 11.2. The largest absolute Gasteiger partial charge is 2.00 e. The summed E-state index contributed by atoms with van der Waals surface area (Å²) >= 11 is 0. The van der Waals surface area contributed by atoms with Gasteiger partial charge in [0.05, 0.1) is 6.61 Å². The zero-order chi connectivity index (χ0) is 7.23. The van der Waals surface area contributed by atoms with Crippen LogP contribution in [-0.4, -0.2) is 6.61 Å². The molecule has 1 aromatic carbocycles. The molecular weight excluding hydrogens is 269 g/mol. The molecule has 3 heteroatoms. The molecule has 0 amide bonds. The second kappa shape index (κ2) is 9.21. The maximum Gasteiger partial charge on any atom is 2.00 e. The minimum absolute atomic E-state index is 0. The van der Waals surface area contributed by atoms with E-state index in [0.717, 1.165) is 12.2 Å². The van der Waals surface area contributed by atoms with Crippen molar-refractivity contribution < 1.29 is 41.2 Å². The van der Waals surface area contributed by atoms with Crippen molar-refractivity contribution in [3.63, 3.8) is 0 Å². The maximum atomic E-state index is 5.29. The zero-order valence-electron chi connectivity index (χ0n) is 7.00. The first-order valence-corrected chi connectivity index (χ1v) is 3.40. The first-order valence-electron chi connectivity index (χ1n) is 3.40. The van der Waals surface area contributed by atoms with Gasteiger partial charge in [0.1, 0.15) is 5.75 Å². The van der Waals surface area contributed by atoms with E-state index in [1.807, 2.05) is 30.3 Å². The van der Waals surface area contributed by atoms with Crippen molar-refractivity contribution in [1.29, 1.82) is 0 Å². The monoisotopic (exact) mass is 278 g/mol. The van der Waals surface area contributed by atoms with Crippen LogP contribution in [0.25, 0.3) is 0 Å². The van der Waals surface area contributed by atoms with Crippen molar-refractivity contribution in [3.05, 3.63) is 37.3 Å². The molecule has 0 unspecified atom stereocenters. The van der Waals surface area contributed by atoms with E-state index in [0.29, 0.717) is 6.61 Å². The van der Waals surface area contributed by atoms with Gasteiger partial charge in [-0.25, -0.2) is 0 Å². The Morgan fingerprint density at radius 2 is 1.75 bits per heavy atom. The van der Waals surface area contributed by atoms with Crippen LogP contribution in [0.15, 0.2) is 30.3 Å². The Bertz CT molecular complexity index is 179. The third-order valence-corrected chi connectivity index (χ3v) is 1.16. The fourth-order valence-electron chi connectivity index (χ4n) is 0.707. The van der Waals surface area contributed by atoms with Crippen LogP contribution in [0.4, 0.5) is 0 Å². The summed E-state index contributed by atoms with van der Waals surface area (Å²) in [5.74, 6) is 0.922. The van der Waals surface area contributed by atoms with Crippen LogP contribution in [0.5, 0.6) is 5.75 Å². The van der Waals surface area contributed by atoms with Gasteiger partial charge in [0.25, 0.3) is 0 Å². The third kappa shape index (κ3) is 5.73. The molecule has 0 saturated carbocycles. The van der Waals surface area contributed by atoms with Gasteiger partial charge in [-0.2, -0.15) is 0 Å². The SMILES string of the molecule is [Br-].[CH2-]CCOc1ccccc1.[Zn+2]. The average Bonchev–Trinajstić information content (AvgIpc) is 2.03. The molecule has 1 nitrogen and oxygen atoms in total. The zero-order valence-corrected chi connectivity index (χ0v) is 11.6. The summed E-state index contributed by atoms with van der Waals surface area (Å²) in [4.78, 5) is 0. The number of benzene rings is 1. The predicted molar refractivity (Wildman–Crippen MR) is 41.9 cm³/mol. The molecule has 0 bridgehead atoms. The Morgan fingerprint density at radius 3 is 2.25 bits per heavy atom. The topological polar surface area (TPSA) is 9.23 Å². The Hall–Kier alpha value is 0.123. The number of para-hydroxylation sites is 1. The van der Waals surface area contributed by atoms with Gasteiger partial charge < -0.3 is 28.6 Å². The molecule has 0 saturated heterocycles. The first-order chi connectivity index (χ1) is 4.93. The molecule has 0 fully saturated rings. The molecule has 0 heterocycles. The van der Waals surface area contributed by atoms with Gasteiger partial charge in [0.15, 0.2) is 0 Å². The summed E-state index contributed by atoms with van der Waals surface area (Å²) in [6.07, 6.45) is 0.814. The second-order valence-corrected chi connectivity index (χ2v) is 2.02. The van der Waals surface area contributed by atoms with Crippen molar-refractivity contribution in [3.8, 4) is 5.75 Å².